The van der Waals surface area contributed by atoms with Gasteiger partial charge in [-0.1, -0.05) is 97.1 Å². The molecule has 0 saturated heterocycles. The van der Waals surface area contributed by atoms with Crippen LogP contribution in [0.1, 0.15) is 51.8 Å². The number of methoxy groups -OCH3 is 1. The molecule has 10 heteroatoms. The highest BCUT2D eigenvalue weighted by atomic mass is 32.2. The maximum absolute atomic E-state index is 15.8. The smallest absolute Gasteiger partial charge is 0.336 e. The van der Waals surface area contributed by atoms with Crippen LogP contribution in [0.25, 0.3) is 0 Å². The number of ether oxygens (including phenoxy) is 2. The first-order valence-corrected chi connectivity index (χ1v) is 18.4. The number of carbonyl (C=O) groups excluding carboxylic acids is 1. The second kappa shape index (κ2) is 12.5. The van der Waals surface area contributed by atoms with Gasteiger partial charge in [-0.05, 0) is 77.5 Å². The first kappa shape index (κ1) is 31.3. The lowest BCUT2D eigenvalue weighted by Gasteiger charge is -2.45. The summed E-state index contributed by atoms with van der Waals surface area (Å²) in [6, 6.07) is 30.5. The summed E-state index contributed by atoms with van der Waals surface area (Å²) in [6.45, 7) is 0.687. The number of hydrogen-bond donors (Lipinski definition) is 2. The van der Waals surface area contributed by atoms with E-state index in [-0.39, 0.29) is 16.9 Å². The first-order valence-electron chi connectivity index (χ1n) is 16.9. The summed E-state index contributed by atoms with van der Waals surface area (Å²) in [5, 5.41) is 7.82. The molecule has 1 aliphatic heterocycles. The summed E-state index contributed by atoms with van der Waals surface area (Å²) in [7, 11) is -2.61. The van der Waals surface area contributed by atoms with Crippen LogP contribution in [-0.2, 0) is 52.4 Å². The van der Waals surface area contributed by atoms with Gasteiger partial charge in [0.05, 0.1) is 19.3 Å². The Balaban J connectivity index is 1.40. The van der Waals surface area contributed by atoms with Gasteiger partial charge in [0, 0.05) is 12.8 Å². The van der Waals surface area contributed by atoms with Crippen molar-refractivity contribution in [1.29, 1.82) is 4.78 Å². The van der Waals surface area contributed by atoms with Crippen molar-refractivity contribution in [2.45, 2.75) is 61.6 Å². The molecule has 2 N–H and O–H groups in total. The summed E-state index contributed by atoms with van der Waals surface area (Å²) in [4.78, 5) is 15.6. The molecule has 3 aliphatic rings. The van der Waals surface area contributed by atoms with Crippen molar-refractivity contribution >= 4 is 21.6 Å². The number of carbonyl (C=O) groups is 1. The molecular formula is C39H39N5O4S. The molecule has 9 nitrogen and oxygen atoms in total. The SMILES string of the molecule is COCC1Cn2ncc(S(=N)(=O)N(C(=O)Nc3c4c(cc5c3CCC5)CCC4)C(c3ccccc3)(c3ccccc3)c3ccccc3)c2O1. The van der Waals surface area contributed by atoms with Crippen LogP contribution in [0, 0.1) is 4.78 Å². The predicted octanol–water partition coefficient (Wildman–Crippen LogP) is 7.11. The molecule has 2 aliphatic carbocycles. The van der Waals surface area contributed by atoms with Gasteiger partial charge in [0.15, 0.2) is 9.92 Å². The van der Waals surface area contributed by atoms with Gasteiger partial charge in [0.2, 0.25) is 5.88 Å². The molecule has 0 fully saturated rings. The maximum atomic E-state index is 15.8. The zero-order valence-corrected chi connectivity index (χ0v) is 28.2. The standard InChI is InChI=1S/C39H39N5O4S/c1-47-26-32-25-43-37(48-32)35(24-41-43)49(40,46)44(38(45)42-36-33-21-11-13-27(33)23-28-14-12-22-34(28)36)39(29-15-5-2-6-16-29,30-17-7-3-8-18-30)31-19-9-4-10-20-31/h2-10,15-20,23-24,32,40H,11-14,21-22,25-26H2,1H3,(H,42,45). The molecule has 8 rings (SSSR count). The van der Waals surface area contributed by atoms with E-state index in [2.05, 4.69) is 16.5 Å². The van der Waals surface area contributed by atoms with Crippen LogP contribution in [0.3, 0.4) is 0 Å². The topological polar surface area (TPSA) is 110 Å². The molecular weight excluding hydrogens is 635 g/mol. The Morgan fingerprint density at radius 1 is 0.918 bits per heavy atom. The number of anilines is 1. The Labute approximate surface area is 287 Å². The maximum Gasteiger partial charge on any atom is 0.336 e. The summed E-state index contributed by atoms with van der Waals surface area (Å²) in [5.74, 6) is 0.212. The highest BCUT2D eigenvalue weighted by Gasteiger charge is 2.51. The normalized spacial score (nSPS) is 17.4. The molecule has 0 bridgehead atoms. The van der Waals surface area contributed by atoms with E-state index in [4.69, 9.17) is 9.47 Å². The minimum atomic E-state index is -4.20. The van der Waals surface area contributed by atoms with Gasteiger partial charge in [0.25, 0.3) is 0 Å². The zero-order chi connectivity index (χ0) is 33.6. The minimum Gasteiger partial charge on any atom is -0.469 e. The van der Waals surface area contributed by atoms with Crippen LogP contribution in [-0.4, -0.2) is 44.1 Å². The average Bonchev–Trinajstić information content (AvgIpc) is 3.93. The molecule has 1 aromatic heterocycles. The molecule has 0 saturated carbocycles. The Kier molecular flexibility index (Phi) is 8.00. The average molecular weight is 674 g/mol. The third kappa shape index (κ3) is 5.12. The molecule has 5 aromatic rings. The Morgan fingerprint density at radius 3 is 1.96 bits per heavy atom. The van der Waals surface area contributed by atoms with Crippen LogP contribution < -0.4 is 10.1 Å². The number of nitrogens with one attached hydrogen (secondary N) is 2. The second-order valence-electron chi connectivity index (χ2n) is 13.0. The Hall–Kier alpha value is -4.93. The second-order valence-corrected chi connectivity index (χ2v) is 14.8. The molecule has 0 spiro atoms. The van der Waals surface area contributed by atoms with Crippen LogP contribution in [0.5, 0.6) is 5.88 Å². The number of aryl methyl sites for hydroxylation is 2. The third-order valence-electron chi connectivity index (χ3n) is 10.1. The van der Waals surface area contributed by atoms with Crippen molar-refractivity contribution in [2.24, 2.45) is 0 Å². The van der Waals surface area contributed by atoms with Crippen LogP contribution in [0.4, 0.5) is 10.5 Å². The number of benzene rings is 4. The lowest BCUT2D eigenvalue weighted by Crippen LogP contribution is -2.55. The Morgan fingerprint density at radius 2 is 1.45 bits per heavy atom. The van der Waals surface area contributed by atoms with Gasteiger partial charge in [-0.3, -0.25) is 0 Å². The number of nitrogens with zero attached hydrogens (tertiary/aromatic N) is 3. The largest absolute Gasteiger partial charge is 0.469 e. The van der Waals surface area contributed by atoms with Gasteiger partial charge in [-0.2, -0.15) is 5.10 Å². The van der Waals surface area contributed by atoms with E-state index in [0.717, 1.165) is 55.3 Å². The molecule has 250 valence electrons. The van der Waals surface area contributed by atoms with Gasteiger partial charge in [-0.25, -0.2) is 22.8 Å². The molecule has 2 atom stereocenters. The molecule has 4 aromatic carbocycles. The highest BCUT2D eigenvalue weighted by molar-refractivity contribution is 7.90. The molecule has 0 radical (unpaired) electrons. The van der Waals surface area contributed by atoms with E-state index in [1.165, 1.54) is 21.6 Å². The van der Waals surface area contributed by atoms with E-state index in [0.29, 0.717) is 29.8 Å². The van der Waals surface area contributed by atoms with Gasteiger partial charge in [-0.15, -0.1) is 0 Å². The number of fused-ring (bicyclic) bond motifs is 3. The fourth-order valence-corrected chi connectivity index (χ4v) is 9.79. The molecule has 49 heavy (non-hydrogen) atoms. The van der Waals surface area contributed by atoms with Gasteiger partial charge in [0.1, 0.15) is 16.5 Å². The summed E-state index contributed by atoms with van der Waals surface area (Å²) in [5.41, 5.74) is 6.19. The highest BCUT2D eigenvalue weighted by Crippen LogP contribution is 2.48. The van der Waals surface area contributed by atoms with E-state index in [1.807, 2.05) is 91.0 Å². The van der Waals surface area contributed by atoms with Gasteiger partial charge >= 0.3 is 6.03 Å². The molecule has 2 heterocycles. The minimum absolute atomic E-state index is 0.0388. The fourth-order valence-electron chi connectivity index (χ4n) is 8.03. The predicted molar refractivity (Wildman–Crippen MR) is 188 cm³/mol. The number of hydrogen-bond acceptors (Lipinski definition) is 6. The molecule has 2 unspecified atom stereocenters. The summed E-state index contributed by atoms with van der Waals surface area (Å²) in [6.07, 6.45) is 6.75. The number of amides is 2. The van der Waals surface area contributed by atoms with Crippen LogP contribution in [0.2, 0.25) is 0 Å². The lowest BCUT2D eigenvalue weighted by atomic mass is 9.77. The summed E-state index contributed by atoms with van der Waals surface area (Å²) >= 11 is 0. The van der Waals surface area contributed by atoms with Crippen molar-refractivity contribution in [3.05, 3.63) is 142 Å². The number of rotatable bonds is 9. The molecule has 2 amide bonds. The first-order chi connectivity index (χ1) is 23.9. The van der Waals surface area contributed by atoms with Crippen molar-refractivity contribution < 1.29 is 18.5 Å². The zero-order valence-electron chi connectivity index (χ0n) is 27.4. The summed E-state index contributed by atoms with van der Waals surface area (Å²) < 4.78 is 40.3. The van der Waals surface area contributed by atoms with E-state index >= 15 is 9.00 Å². The van der Waals surface area contributed by atoms with E-state index in [9.17, 15) is 4.78 Å². The van der Waals surface area contributed by atoms with E-state index < -0.39 is 21.5 Å². The third-order valence-corrected chi connectivity index (χ3v) is 11.9. The van der Waals surface area contributed by atoms with Crippen molar-refractivity contribution in [3.63, 3.8) is 0 Å². The number of aromatic nitrogens is 2. The van der Waals surface area contributed by atoms with Crippen molar-refractivity contribution in [1.82, 2.24) is 14.1 Å². The monoisotopic (exact) mass is 673 g/mol. The van der Waals surface area contributed by atoms with Crippen LogP contribution in [0.15, 0.2) is 108 Å². The lowest BCUT2D eigenvalue weighted by molar-refractivity contribution is 0.0919. The van der Waals surface area contributed by atoms with Crippen molar-refractivity contribution in [2.75, 3.05) is 19.0 Å². The van der Waals surface area contributed by atoms with Crippen molar-refractivity contribution in [3.8, 4) is 5.88 Å². The Bertz CT molecular complexity index is 1990. The van der Waals surface area contributed by atoms with E-state index in [1.54, 1.807) is 11.8 Å². The fraction of sp³-hybridized carbons (Fsp3) is 0.282. The number of urea groups is 1. The van der Waals surface area contributed by atoms with Gasteiger partial charge < -0.3 is 14.8 Å². The van der Waals surface area contributed by atoms with Crippen LogP contribution >= 0.6 is 0 Å². The quantitative estimate of drug-likeness (QED) is 0.162.